The van der Waals surface area contributed by atoms with Gasteiger partial charge in [-0.2, -0.15) is 0 Å². The van der Waals surface area contributed by atoms with E-state index in [1.54, 1.807) is 4.90 Å². The average Bonchev–Trinajstić information content (AvgIpc) is 2.59. The quantitative estimate of drug-likeness (QED) is 0.654. The number of ether oxygens (including phenoxy) is 1. The Bertz CT molecular complexity index is 256. The molecule has 2 fully saturated rings. The second-order valence-electron chi connectivity index (χ2n) is 4.48. The molecule has 0 spiro atoms. The first-order chi connectivity index (χ1) is 6.54. The van der Waals surface area contributed by atoms with Crippen LogP contribution in [0.25, 0.3) is 0 Å². The molecule has 1 amide bonds. The summed E-state index contributed by atoms with van der Waals surface area (Å²) in [5.74, 6) is 0.0531. The van der Waals surface area contributed by atoms with Gasteiger partial charge in [0.05, 0.1) is 24.2 Å². The molecule has 0 aliphatic carbocycles. The van der Waals surface area contributed by atoms with Crippen molar-refractivity contribution in [1.29, 1.82) is 0 Å². The lowest BCUT2D eigenvalue weighted by Crippen LogP contribution is -2.51. The maximum atomic E-state index is 11.6. The second kappa shape index (κ2) is 3.21. The van der Waals surface area contributed by atoms with Crippen LogP contribution < -0.4 is 0 Å². The van der Waals surface area contributed by atoms with Crippen LogP contribution in [-0.4, -0.2) is 46.8 Å². The second-order valence-corrected chi connectivity index (χ2v) is 4.48. The molecule has 0 aromatic rings. The molecular weight excluding hydrogens is 182 g/mol. The maximum absolute atomic E-state index is 11.6. The number of rotatable bonds is 1. The van der Waals surface area contributed by atoms with E-state index >= 15 is 0 Å². The van der Waals surface area contributed by atoms with Crippen LogP contribution in [0.4, 0.5) is 0 Å². The number of amides is 1. The number of hydrogen-bond acceptors (Lipinski definition) is 3. The summed E-state index contributed by atoms with van der Waals surface area (Å²) in [5, 5.41) is 9.43. The number of likely N-dealkylation sites (tertiary alicyclic amines) is 1. The highest BCUT2D eigenvalue weighted by Crippen LogP contribution is 2.34. The highest BCUT2D eigenvalue weighted by molar-refractivity contribution is 5.80. The van der Waals surface area contributed by atoms with Crippen molar-refractivity contribution >= 4 is 5.91 Å². The first-order valence-electron chi connectivity index (χ1n) is 5.14. The van der Waals surface area contributed by atoms with E-state index in [0.29, 0.717) is 13.2 Å². The Morgan fingerprint density at radius 1 is 1.64 bits per heavy atom. The standard InChI is InChI=1S/C10H17NO3/c1-7-10(2,3-4-14-7)11-6-8(12)5-9(11)13/h7-8,12H,3-6H2,1-2H3. The van der Waals surface area contributed by atoms with Crippen LogP contribution in [0.3, 0.4) is 0 Å². The Kier molecular flexibility index (Phi) is 2.27. The Labute approximate surface area is 83.8 Å². The number of β-amino-alcohol motifs (C(OH)–C–C–N with tert-alkyl or cyclic N) is 1. The maximum Gasteiger partial charge on any atom is 0.225 e. The van der Waals surface area contributed by atoms with Gasteiger partial charge in [-0.1, -0.05) is 0 Å². The van der Waals surface area contributed by atoms with Gasteiger partial charge in [-0.25, -0.2) is 0 Å². The van der Waals surface area contributed by atoms with E-state index in [0.717, 1.165) is 6.42 Å². The van der Waals surface area contributed by atoms with E-state index in [9.17, 15) is 9.90 Å². The number of aliphatic hydroxyl groups is 1. The van der Waals surface area contributed by atoms with Crippen LogP contribution in [0.1, 0.15) is 26.7 Å². The van der Waals surface area contributed by atoms with Crippen molar-refractivity contribution in [3.8, 4) is 0 Å². The molecule has 1 N–H and O–H groups in total. The molecule has 0 saturated carbocycles. The number of carbonyl (C=O) groups is 1. The first kappa shape index (κ1) is 9.93. The summed E-state index contributed by atoms with van der Waals surface area (Å²) in [6.45, 7) is 5.20. The van der Waals surface area contributed by atoms with Gasteiger partial charge < -0.3 is 14.7 Å². The molecule has 2 saturated heterocycles. The topological polar surface area (TPSA) is 49.8 Å². The summed E-state index contributed by atoms with van der Waals surface area (Å²) in [4.78, 5) is 13.4. The zero-order chi connectivity index (χ0) is 10.3. The molecule has 0 aromatic heterocycles. The van der Waals surface area contributed by atoms with Crippen LogP contribution in [0.15, 0.2) is 0 Å². The molecular formula is C10H17NO3. The fraction of sp³-hybridized carbons (Fsp3) is 0.900. The average molecular weight is 199 g/mol. The lowest BCUT2D eigenvalue weighted by molar-refractivity contribution is -0.134. The molecule has 0 aromatic carbocycles. The molecule has 2 aliphatic heterocycles. The van der Waals surface area contributed by atoms with Crippen molar-refractivity contribution in [2.75, 3.05) is 13.2 Å². The molecule has 2 aliphatic rings. The first-order valence-corrected chi connectivity index (χ1v) is 5.14. The van der Waals surface area contributed by atoms with E-state index in [-0.39, 0.29) is 24.0 Å². The van der Waals surface area contributed by atoms with Gasteiger partial charge in [-0.15, -0.1) is 0 Å². The SMILES string of the molecule is CC1OCCC1(C)N1CC(O)CC1=O. The van der Waals surface area contributed by atoms with E-state index in [2.05, 4.69) is 0 Å². The zero-order valence-corrected chi connectivity index (χ0v) is 8.69. The Balaban J connectivity index is 2.17. The van der Waals surface area contributed by atoms with Gasteiger partial charge in [0.1, 0.15) is 0 Å². The van der Waals surface area contributed by atoms with E-state index in [4.69, 9.17) is 4.74 Å². The van der Waals surface area contributed by atoms with E-state index < -0.39 is 6.10 Å². The van der Waals surface area contributed by atoms with Crippen LogP contribution in [0, 0.1) is 0 Å². The number of aliphatic hydroxyl groups excluding tert-OH is 1. The third-order valence-electron chi connectivity index (χ3n) is 3.57. The van der Waals surface area contributed by atoms with Crippen LogP contribution in [0.2, 0.25) is 0 Å². The van der Waals surface area contributed by atoms with Crippen molar-refractivity contribution in [3.05, 3.63) is 0 Å². The molecule has 3 atom stereocenters. The molecule has 0 radical (unpaired) electrons. The Morgan fingerprint density at radius 2 is 2.36 bits per heavy atom. The zero-order valence-electron chi connectivity index (χ0n) is 8.69. The van der Waals surface area contributed by atoms with Crippen molar-refractivity contribution < 1.29 is 14.6 Å². The summed E-state index contributed by atoms with van der Waals surface area (Å²) in [7, 11) is 0. The predicted octanol–water partition coefficient (Wildman–Crippen LogP) is 0.147. The highest BCUT2D eigenvalue weighted by Gasteiger charge is 2.47. The van der Waals surface area contributed by atoms with Gasteiger partial charge in [-0.05, 0) is 20.3 Å². The third-order valence-corrected chi connectivity index (χ3v) is 3.57. The minimum Gasteiger partial charge on any atom is -0.391 e. The van der Waals surface area contributed by atoms with Crippen molar-refractivity contribution in [3.63, 3.8) is 0 Å². The van der Waals surface area contributed by atoms with Gasteiger partial charge >= 0.3 is 0 Å². The fourth-order valence-corrected chi connectivity index (χ4v) is 2.36. The molecule has 0 bridgehead atoms. The fourth-order valence-electron chi connectivity index (χ4n) is 2.36. The number of hydrogen-bond donors (Lipinski definition) is 1. The predicted molar refractivity (Wildman–Crippen MR) is 50.8 cm³/mol. The van der Waals surface area contributed by atoms with Gasteiger partial charge in [0.25, 0.3) is 0 Å². The summed E-state index contributed by atoms with van der Waals surface area (Å²) in [5.41, 5.74) is -0.214. The molecule has 4 heteroatoms. The third kappa shape index (κ3) is 1.33. The molecule has 3 unspecified atom stereocenters. The molecule has 14 heavy (non-hydrogen) atoms. The van der Waals surface area contributed by atoms with Gasteiger partial charge in [0, 0.05) is 13.2 Å². The van der Waals surface area contributed by atoms with Gasteiger partial charge in [0.2, 0.25) is 5.91 Å². The van der Waals surface area contributed by atoms with Crippen LogP contribution in [0.5, 0.6) is 0 Å². The highest BCUT2D eigenvalue weighted by atomic mass is 16.5. The van der Waals surface area contributed by atoms with Gasteiger partial charge in [0.15, 0.2) is 0 Å². The normalized spacial score (nSPS) is 43.6. The van der Waals surface area contributed by atoms with E-state index in [1.807, 2.05) is 13.8 Å². The van der Waals surface area contributed by atoms with E-state index in [1.165, 1.54) is 0 Å². The lowest BCUT2D eigenvalue weighted by atomic mass is 9.92. The van der Waals surface area contributed by atoms with Crippen LogP contribution >= 0.6 is 0 Å². The Hall–Kier alpha value is -0.610. The smallest absolute Gasteiger partial charge is 0.225 e. The molecule has 80 valence electrons. The number of nitrogens with zero attached hydrogens (tertiary/aromatic N) is 1. The minimum absolute atomic E-state index is 0.0531. The summed E-state index contributed by atoms with van der Waals surface area (Å²) < 4.78 is 5.49. The van der Waals surface area contributed by atoms with Crippen molar-refractivity contribution in [2.24, 2.45) is 0 Å². The number of carbonyl (C=O) groups excluding carboxylic acids is 1. The van der Waals surface area contributed by atoms with Crippen molar-refractivity contribution in [2.45, 2.75) is 44.4 Å². The monoisotopic (exact) mass is 199 g/mol. The van der Waals surface area contributed by atoms with Crippen molar-refractivity contribution in [1.82, 2.24) is 4.90 Å². The largest absolute Gasteiger partial charge is 0.391 e. The molecule has 2 rings (SSSR count). The summed E-state index contributed by atoms with van der Waals surface area (Å²) in [6, 6.07) is 0. The summed E-state index contributed by atoms with van der Waals surface area (Å²) >= 11 is 0. The van der Waals surface area contributed by atoms with Gasteiger partial charge in [-0.3, -0.25) is 4.79 Å². The summed E-state index contributed by atoms with van der Waals surface area (Å²) in [6.07, 6.45) is 0.707. The minimum atomic E-state index is -0.493. The Morgan fingerprint density at radius 3 is 2.79 bits per heavy atom. The lowest BCUT2D eigenvalue weighted by Gasteiger charge is -2.37. The molecule has 4 nitrogen and oxygen atoms in total. The van der Waals surface area contributed by atoms with Crippen LogP contribution in [-0.2, 0) is 9.53 Å². The molecule has 2 heterocycles.